The van der Waals surface area contributed by atoms with Gasteiger partial charge in [-0.05, 0) is 18.2 Å². The maximum atomic E-state index is 10.6. The molecule has 0 atom stereocenters. The number of aliphatic imine (C=N–C) groups is 2. The van der Waals surface area contributed by atoms with Crippen molar-refractivity contribution in [3.8, 4) is 0 Å². The second-order valence-electron chi connectivity index (χ2n) is 7.72. The van der Waals surface area contributed by atoms with Crippen LogP contribution in [0.3, 0.4) is 0 Å². The van der Waals surface area contributed by atoms with Crippen LogP contribution in [0.2, 0.25) is 0 Å². The van der Waals surface area contributed by atoms with Crippen LogP contribution < -0.4 is 10.6 Å². The third kappa shape index (κ3) is 7.76. The summed E-state index contributed by atoms with van der Waals surface area (Å²) in [6.07, 6.45) is 0. The molecule has 0 spiro atoms. The summed E-state index contributed by atoms with van der Waals surface area (Å²) < 4.78 is 0. The van der Waals surface area contributed by atoms with Crippen molar-refractivity contribution >= 4 is 29.6 Å². The zero-order valence-corrected chi connectivity index (χ0v) is 19.8. The first-order valence-electron chi connectivity index (χ1n) is 11.4. The Morgan fingerprint density at radius 3 is 1.41 bits per heavy atom. The van der Waals surface area contributed by atoms with Gasteiger partial charge in [0.05, 0.1) is 29.8 Å². The van der Waals surface area contributed by atoms with Gasteiger partial charge in [0.25, 0.3) is 0 Å². The number of hydrogen-bond acceptors (Lipinski definition) is 7. The molecule has 5 rings (SSSR count). The summed E-state index contributed by atoms with van der Waals surface area (Å²) in [7, 11) is 0. The van der Waals surface area contributed by atoms with Crippen molar-refractivity contribution < 1.29 is 29.7 Å². The number of carboxylic acids is 3. The zero-order valence-electron chi connectivity index (χ0n) is 19.8. The number of benzene rings is 3. The summed E-state index contributed by atoms with van der Waals surface area (Å²) in [6.45, 7) is 3.77. The molecule has 0 fully saturated rings. The third-order valence-corrected chi connectivity index (χ3v) is 5.17. The summed E-state index contributed by atoms with van der Waals surface area (Å²) in [5.74, 6) is -2.13. The highest BCUT2D eigenvalue weighted by Crippen LogP contribution is 2.12. The highest BCUT2D eigenvalue weighted by Gasteiger charge is 2.18. The average molecular weight is 503 g/mol. The third-order valence-electron chi connectivity index (χ3n) is 5.17. The van der Waals surface area contributed by atoms with Gasteiger partial charge in [0.15, 0.2) is 0 Å². The molecule has 2 aliphatic heterocycles. The molecule has 3 aromatic rings. The van der Waals surface area contributed by atoms with E-state index in [1.54, 1.807) is 0 Å². The number of hydrogen-bond donors (Lipinski definition) is 5. The van der Waals surface area contributed by atoms with E-state index in [1.807, 2.05) is 36.4 Å². The number of aromatic carboxylic acids is 3. The standard InChI is InChI=1S/2C9H10N2.C9H6O6/c2*1-2-4-8(5-3-1)9-10-6-7-11-9;10-7(11)4-1-2-5(8(12)13)6(3-4)9(14)15/h2*1-5H,6-7H2,(H,10,11);1-3H,(H,10,11)(H,12,13)(H,14,15). The smallest absolute Gasteiger partial charge is 0.336 e. The lowest BCUT2D eigenvalue weighted by molar-refractivity contribution is 0.0649. The van der Waals surface area contributed by atoms with Gasteiger partial charge in [-0.15, -0.1) is 0 Å². The molecular formula is C27H26N4O6. The summed E-state index contributed by atoms with van der Waals surface area (Å²) in [5.41, 5.74) is 1.13. The first kappa shape index (κ1) is 26.6. The Labute approximate surface area is 213 Å². The van der Waals surface area contributed by atoms with E-state index in [4.69, 9.17) is 15.3 Å². The van der Waals surface area contributed by atoms with E-state index in [-0.39, 0.29) is 5.56 Å². The van der Waals surface area contributed by atoms with Crippen LogP contribution >= 0.6 is 0 Å². The van der Waals surface area contributed by atoms with Crippen LogP contribution in [0.15, 0.2) is 88.8 Å². The molecule has 0 aliphatic carbocycles. The predicted octanol–water partition coefficient (Wildman–Crippen LogP) is 2.85. The molecule has 0 amide bonds. The predicted molar refractivity (Wildman–Crippen MR) is 139 cm³/mol. The molecule has 2 heterocycles. The van der Waals surface area contributed by atoms with E-state index in [0.717, 1.165) is 56.0 Å². The highest BCUT2D eigenvalue weighted by molar-refractivity contribution is 6.03. The van der Waals surface area contributed by atoms with Crippen LogP contribution in [0, 0.1) is 0 Å². The second-order valence-corrected chi connectivity index (χ2v) is 7.72. The Morgan fingerprint density at radius 1 is 0.595 bits per heavy atom. The maximum Gasteiger partial charge on any atom is 0.336 e. The molecule has 0 bridgehead atoms. The number of rotatable bonds is 5. The molecule has 190 valence electrons. The lowest BCUT2D eigenvalue weighted by atomic mass is 10.0. The van der Waals surface area contributed by atoms with E-state index < -0.39 is 29.0 Å². The van der Waals surface area contributed by atoms with Gasteiger partial charge in [0.1, 0.15) is 11.7 Å². The normalized spacial score (nSPS) is 13.3. The summed E-state index contributed by atoms with van der Waals surface area (Å²) >= 11 is 0. The van der Waals surface area contributed by atoms with Crippen LogP contribution in [0.4, 0.5) is 0 Å². The van der Waals surface area contributed by atoms with Gasteiger partial charge in [0.2, 0.25) is 0 Å². The van der Waals surface area contributed by atoms with Gasteiger partial charge >= 0.3 is 17.9 Å². The van der Waals surface area contributed by atoms with Crippen molar-refractivity contribution in [3.63, 3.8) is 0 Å². The van der Waals surface area contributed by atoms with Crippen LogP contribution in [0.5, 0.6) is 0 Å². The van der Waals surface area contributed by atoms with Crippen molar-refractivity contribution in [1.82, 2.24) is 10.6 Å². The molecule has 10 heteroatoms. The van der Waals surface area contributed by atoms with Crippen LogP contribution in [0.25, 0.3) is 0 Å². The quantitative estimate of drug-likeness (QED) is 0.356. The van der Waals surface area contributed by atoms with Crippen LogP contribution in [0.1, 0.15) is 42.2 Å². The van der Waals surface area contributed by atoms with Gasteiger partial charge in [-0.3, -0.25) is 9.98 Å². The van der Waals surface area contributed by atoms with E-state index in [2.05, 4.69) is 44.9 Å². The lowest BCUT2D eigenvalue weighted by Crippen LogP contribution is -2.19. The Morgan fingerprint density at radius 2 is 1.05 bits per heavy atom. The van der Waals surface area contributed by atoms with E-state index >= 15 is 0 Å². The fourth-order valence-electron chi connectivity index (χ4n) is 3.42. The zero-order chi connectivity index (χ0) is 26.6. The number of carboxylic acid groups (broad SMARTS) is 3. The molecule has 2 aliphatic rings. The van der Waals surface area contributed by atoms with Crippen LogP contribution in [-0.2, 0) is 0 Å². The number of nitrogens with one attached hydrogen (secondary N) is 2. The van der Waals surface area contributed by atoms with E-state index in [1.165, 1.54) is 11.1 Å². The van der Waals surface area contributed by atoms with Gasteiger partial charge < -0.3 is 26.0 Å². The molecule has 5 N–H and O–H groups in total. The Kier molecular flexibility index (Phi) is 9.49. The molecule has 0 saturated heterocycles. The molecule has 3 aromatic carbocycles. The molecule has 0 saturated carbocycles. The van der Waals surface area contributed by atoms with E-state index in [0.29, 0.717) is 0 Å². The largest absolute Gasteiger partial charge is 0.478 e. The molecule has 0 aromatic heterocycles. The highest BCUT2D eigenvalue weighted by atomic mass is 16.4. The van der Waals surface area contributed by atoms with Gasteiger partial charge in [-0.25, -0.2) is 14.4 Å². The fourth-order valence-corrected chi connectivity index (χ4v) is 3.42. The van der Waals surface area contributed by atoms with Crippen molar-refractivity contribution in [2.75, 3.05) is 26.2 Å². The average Bonchev–Trinajstić information content (AvgIpc) is 3.65. The van der Waals surface area contributed by atoms with Gasteiger partial charge in [-0.1, -0.05) is 60.7 Å². The minimum Gasteiger partial charge on any atom is -0.478 e. The topological polar surface area (TPSA) is 161 Å². The first-order chi connectivity index (χ1) is 17.9. The molecule has 37 heavy (non-hydrogen) atoms. The van der Waals surface area contributed by atoms with E-state index in [9.17, 15) is 14.4 Å². The van der Waals surface area contributed by atoms with Gasteiger partial charge in [0, 0.05) is 24.2 Å². The Bertz CT molecular complexity index is 1250. The van der Waals surface area contributed by atoms with Crippen molar-refractivity contribution in [2.45, 2.75) is 0 Å². The number of nitrogens with zero attached hydrogens (tertiary/aromatic N) is 2. The molecule has 0 radical (unpaired) electrons. The summed E-state index contributed by atoms with van der Waals surface area (Å²) in [4.78, 5) is 40.4. The van der Waals surface area contributed by atoms with Crippen molar-refractivity contribution in [2.24, 2.45) is 9.98 Å². The summed E-state index contributed by atoms with van der Waals surface area (Å²) in [5, 5.41) is 32.3. The minimum atomic E-state index is -1.48. The molecule has 0 unspecified atom stereocenters. The SMILES string of the molecule is O=C(O)c1ccc(C(=O)O)c(C(=O)O)c1.c1ccc(C2=NCCN2)cc1.c1ccc(C2=NCCN2)cc1. The fraction of sp³-hybridized carbons (Fsp3) is 0.148. The van der Waals surface area contributed by atoms with Crippen molar-refractivity contribution in [1.29, 1.82) is 0 Å². The maximum absolute atomic E-state index is 10.6. The molecule has 10 nitrogen and oxygen atoms in total. The monoisotopic (exact) mass is 502 g/mol. The lowest BCUT2D eigenvalue weighted by Gasteiger charge is -2.02. The van der Waals surface area contributed by atoms with Crippen LogP contribution in [-0.4, -0.2) is 71.1 Å². The Balaban J connectivity index is 0.000000156. The molecular weight excluding hydrogens is 476 g/mol. The van der Waals surface area contributed by atoms with Crippen molar-refractivity contribution in [3.05, 3.63) is 107 Å². The van der Waals surface area contributed by atoms with Gasteiger partial charge in [-0.2, -0.15) is 0 Å². The number of amidine groups is 2. The number of carbonyl (C=O) groups is 3. The minimum absolute atomic E-state index is 0.266. The summed E-state index contributed by atoms with van der Waals surface area (Å²) in [6, 6.07) is 23.2. The second kappa shape index (κ2) is 13.2. The first-order valence-corrected chi connectivity index (χ1v) is 11.4. The Hall–Kier alpha value is -4.99.